The molecule has 0 aromatic carbocycles. The highest BCUT2D eigenvalue weighted by Crippen LogP contribution is 2.28. The van der Waals surface area contributed by atoms with E-state index in [0.29, 0.717) is 12.2 Å². The van der Waals surface area contributed by atoms with Crippen molar-refractivity contribution >= 4 is 9.84 Å². The zero-order valence-corrected chi connectivity index (χ0v) is 13.0. The summed E-state index contributed by atoms with van der Waals surface area (Å²) in [5.41, 5.74) is 3.37. The van der Waals surface area contributed by atoms with Gasteiger partial charge >= 0.3 is 0 Å². The molecule has 1 aromatic rings. The SMILES string of the molecule is Cc1nn(C2CCS(=O)(=O)C2)c(C)c1CNCC1CC1. The highest BCUT2D eigenvalue weighted by molar-refractivity contribution is 7.91. The van der Waals surface area contributed by atoms with Crippen molar-refractivity contribution in [2.75, 3.05) is 18.1 Å². The van der Waals surface area contributed by atoms with Crippen molar-refractivity contribution in [2.45, 2.75) is 45.7 Å². The molecule has 1 aliphatic carbocycles. The average molecular weight is 297 g/mol. The lowest BCUT2D eigenvalue weighted by atomic mass is 10.2. The van der Waals surface area contributed by atoms with Crippen LogP contribution in [0.4, 0.5) is 0 Å². The van der Waals surface area contributed by atoms with Gasteiger partial charge in [-0.2, -0.15) is 5.10 Å². The summed E-state index contributed by atoms with van der Waals surface area (Å²) in [6.07, 6.45) is 3.40. The van der Waals surface area contributed by atoms with Gasteiger partial charge in [0, 0.05) is 17.8 Å². The lowest BCUT2D eigenvalue weighted by Gasteiger charge is -2.11. The molecule has 1 N–H and O–H groups in total. The number of nitrogens with one attached hydrogen (secondary N) is 1. The molecule has 112 valence electrons. The number of sulfone groups is 1. The highest BCUT2D eigenvalue weighted by Gasteiger charge is 2.31. The van der Waals surface area contributed by atoms with E-state index in [0.717, 1.165) is 30.4 Å². The third kappa shape index (κ3) is 2.91. The summed E-state index contributed by atoms with van der Waals surface area (Å²) in [6, 6.07) is 0.0240. The van der Waals surface area contributed by atoms with Gasteiger partial charge in [-0.1, -0.05) is 0 Å². The van der Waals surface area contributed by atoms with Crippen molar-refractivity contribution in [1.29, 1.82) is 0 Å². The van der Waals surface area contributed by atoms with E-state index in [-0.39, 0.29) is 11.8 Å². The van der Waals surface area contributed by atoms with Crippen molar-refractivity contribution in [1.82, 2.24) is 15.1 Å². The maximum absolute atomic E-state index is 11.6. The molecule has 2 fully saturated rings. The molecule has 2 aliphatic rings. The van der Waals surface area contributed by atoms with E-state index in [2.05, 4.69) is 17.3 Å². The topological polar surface area (TPSA) is 64.0 Å². The predicted octanol–water partition coefficient (Wildman–Crippen LogP) is 1.36. The zero-order chi connectivity index (χ0) is 14.3. The number of nitrogens with zero attached hydrogens (tertiary/aromatic N) is 2. The molecule has 1 unspecified atom stereocenters. The zero-order valence-electron chi connectivity index (χ0n) is 12.2. The van der Waals surface area contributed by atoms with Crippen LogP contribution in [0.5, 0.6) is 0 Å². The summed E-state index contributed by atoms with van der Waals surface area (Å²) in [6.45, 7) is 6.00. The van der Waals surface area contributed by atoms with Gasteiger partial charge in [0.05, 0.1) is 23.2 Å². The second kappa shape index (κ2) is 5.15. The molecule has 1 saturated carbocycles. The van der Waals surface area contributed by atoms with Gasteiger partial charge in [0.2, 0.25) is 0 Å². The molecule has 6 heteroatoms. The Bertz CT molecular complexity index is 602. The molecule has 0 radical (unpaired) electrons. The van der Waals surface area contributed by atoms with Gasteiger partial charge in [-0.05, 0) is 45.6 Å². The van der Waals surface area contributed by atoms with E-state index in [9.17, 15) is 8.42 Å². The number of hydrogen-bond donors (Lipinski definition) is 1. The normalized spacial score (nSPS) is 25.2. The Morgan fingerprint density at radius 2 is 2.05 bits per heavy atom. The third-order valence-electron chi connectivity index (χ3n) is 4.46. The Morgan fingerprint density at radius 1 is 1.30 bits per heavy atom. The van der Waals surface area contributed by atoms with Gasteiger partial charge in [0.15, 0.2) is 9.84 Å². The first-order valence-corrected chi connectivity index (χ1v) is 9.24. The number of aromatic nitrogens is 2. The van der Waals surface area contributed by atoms with Crippen LogP contribution >= 0.6 is 0 Å². The predicted molar refractivity (Wildman–Crippen MR) is 78.4 cm³/mol. The van der Waals surface area contributed by atoms with Gasteiger partial charge in [-0.15, -0.1) is 0 Å². The standard InChI is InChI=1S/C14H23N3O2S/c1-10-14(8-15-7-12-3-4-12)11(2)17(16-10)13-5-6-20(18,19)9-13/h12-13,15H,3-9H2,1-2H3. The van der Waals surface area contributed by atoms with Crippen LogP contribution in [0.15, 0.2) is 0 Å². The van der Waals surface area contributed by atoms with Crippen molar-refractivity contribution in [3.8, 4) is 0 Å². The van der Waals surface area contributed by atoms with E-state index < -0.39 is 9.84 Å². The highest BCUT2D eigenvalue weighted by atomic mass is 32.2. The van der Waals surface area contributed by atoms with Crippen LogP contribution in [0.25, 0.3) is 0 Å². The molecule has 20 heavy (non-hydrogen) atoms. The average Bonchev–Trinajstić information content (AvgIpc) is 3.07. The van der Waals surface area contributed by atoms with E-state index in [1.165, 1.54) is 18.4 Å². The summed E-state index contributed by atoms with van der Waals surface area (Å²) >= 11 is 0. The Hall–Kier alpha value is -0.880. The third-order valence-corrected chi connectivity index (χ3v) is 6.21. The number of aryl methyl sites for hydroxylation is 1. The minimum atomic E-state index is -2.86. The molecular formula is C14H23N3O2S. The fourth-order valence-electron chi connectivity index (χ4n) is 3.00. The minimum Gasteiger partial charge on any atom is -0.312 e. The second-order valence-corrected chi connectivity index (χ2v) is 8.45. The summed E-state index contributed by atoms with van der Waals surface area (Å²) in [7, 11) is -2.86. The molecule has 2 heterocycles. The first-order chi connectivity index (χ1) is 9.46. The van der Waals surface area contributed by atoms with Crippen LogP contribution in [-0.4, -0.2) is 36.2 Å². The molecule has 1 saturated heterocycles. The molecule has 1 atom stereocenters. The van der Waals surface area contributed by atoms with Crippen LogP contribution in [0.1, 0.15) is 42.3 Å². The lowest BCUT2D eigenvalue weighted by Crippen LogP contribution is -2.18. The van der Waals surface area contributed by atoms with Crippen LogP contribution in [-0.2, 0) is 16.4 Å². The summed E-state index contributed by atoms with van der Waals surface area (Å²) < 4.78 is 25.2. The van der Waals surface area contributed by atoms with Crippen LogP contribution in [0.2, 0.25) is 0 Å². The van der Waals surface area contributed by atoms with Gasteiger partial charge in [-0.3, -0.25) is 4.68 Å². The van der Waals surface area contributed by atoms with Crippen molar-refractivity contribution in [2.24, 2.45) is 5.92 Å². The van der Waals surface area contributed by atoms with Gasteiger partial charge in [0.1, 0.15) is 0 Å². The lowest BCUT2D eigenvalue weighted by molar-refractivity contribution is 0.485. The van der Waals surface area contributed by atoms with E-state index in [1.807, 2.05) is 11.6 Å². The fourth-order valence-corrected chi connectivity index (χ4v) is 4.69. The second-order valence-electron chi connectivity index (χ2n) is 6.23. The van der Waals surface area contributed by atoms with Gasteiger partial charge < -0.3 is 5.32 Å². The Kier molecular flexibility index (Phi) is 3.62. The van der Waals surface area contributed by atoms with Crippen molar-refractivity contribution in [3.05, 3.63) is 17.0 Å². The molecule has 3 rings (SSSR count). The Balaban J connectivity index is 1.72. The Labute approximate surface area is 120 Å². The van der Waals surface area contributed by atoms with Crippen molar-refractivity contribution in [3.63, 3.8) is 0 Å². The largest absolute Gasteiger partial charge is 0.312 e. The molecule has 0 spiro atoms. The monoisotopic (exact) mass is 297 g/mol. The van der Waals surface area contributed by atoms with Gasteiger partial charge in [0.25, 0.3) is 0 Å². The molecule has 5 nitrogen and oxygen atoms in total. The number of rotatable bonds is 5. The molecule has 0 bridgehead atoms. The Morgan fingerprint density at radius 3 is 2.65 bits per heavy atom. The molecule has 0 amide bonds. The smallest absolute Gasteiger partial charge is 0.152 e. The number of hydrogen-bond acceptors (Lipinski definition) is 4. The van der Waals surface area contributed by atoms with Crippen LogP contribution in [0.3, 0.4) is 0 Å². The maximum atomic E-state index is 11.6. The van der Waals surface area contributed by atoms with Crippen LogP contribution < -0.4 is 5.32 Å². The fraction of sp³-hybridized carbons (Fsp3) is 0.786. The van der Waals surface area contributed by atoms with Gasteiger partial charge in [-0.25, -0.2) is 8.42 Å². The summed E-state index contributed by atoms with van der Waals surface area (Å²) in [4.78, 5) is 0. The minimum absolute atomic E-state index is 0.0240. The summed E-state index contributed by atoms with van der Waals surface area (Å²) in [5.74, 6) is 1.40. The maximum Gasteiger partial charge on any atom is 0.152 e. The molecule has 1 aliphatic heterocycles. The molecule has 1 aromatic heterocycles. The quantitative estimate of drug-likeness (QED) is 0.891. The van der Waals surface area contributed by atoms with E-state index >= 15 is 0 Å². The van der Waals surface area contributed by atoms with Crippen LogP contribution in [0, 0.1) is 19.8 Å². The first kappa shape index (κ1) is 14.1. The summed E-state index contributed by atoms with van der Waals surface area (Å²) in [5, 5.41) is 8.08. The van der Waals surface area contributed by atoms with E-state index in [4.69, 9.17) is 0 Å². The van der Waals surface area contributed by atoms with E-state index in [1.54, 1.807) is 0 Å². The first-order valence-electron chi connectivity index (χ1n) is 7.42. The van der Waals surface area contributed by atoms with Crippen molar-refractivity contribution < 1.29 is 8.42 Å². The molecular weight excluding hydrogens is 274 g/mol.